The van der Waals surface area contributed by atoms with E-state index in [1.165, 1.54) is 5.75 Å². The molecular formula is C10H16N2O3S2. The highest BCUT2D eigenvalue weighted by molar-refractivity contribution is 8.06. The van der Waals surface area contributed by atoms with E-state index in [1.807, 2.05) is 23.5 Å². The van der Waals surface area contributed by atoms with E-state index in [1.54, 1.807) is 7.11 Å². The average Bonchev–Trinajstić information content (AvgIpc) is 2.79. The first-order chi connectivity index (χ1) is 8.29. The van der Waals surface area contributed by atoms with Crippen molar-refractivity contribution in [1.29, 1.82) is 0 Å². The van der Waals surface area contributed by atoms with Crippen LogP contribution in [0.1, 0.15) is 17.0 Å². The molecule has 1 aromatic heterocycles. The Hall–Kier alpha value is -0.240. The molecular weight excluding hydrogens is 260 g/mol. The first-order valence-corrected chi connectivity index (χ1v) is 7.68. The van der Waals surface area contributed by atoms with E-state index in [0.717, 1.165) is 17.3 Å². The van der Waals surface area contributed by atoms with Gasteiger partial charge in [-0.1, -0.05) is 5.16 Å². The van der Waals surface area contributed by atoms with Crippen LogP contribution in [-0.4, -0.2) is 52.3 Å². The maximum atomic E-state index is 9.56. The van der Waals surface area contributed by atoms with Gasteiger partial charge in [-0.3, -0.25) is 0 Å². The van der Waals surface area contributed by atoms with Gasteiger partial charge < -0.3 is 14.4 Å². The molecule has 0 radical (unpaired) electrons. The summed E-state index contributed by atoms with van der Waals surface area (Å²) in [6.45, 7) is 0.283. The van der Waals surface area contributed by atoms with E-state index in [4.69, 9.17) is 9.26 Å². The first kappa shape index (κ1) is 13.2. The van der Waals surface area contributed by atoms with Crippen LogP contribution in [0.25, 0.3) is 0 Å². The van der Waals surface area contributed by atoms with E-state index in [0.29, 0.717) is 17.6 Å². The quantitative estimate of drug-likeness (QED) is 0.865. The number of hydrogen-bond donors (Lipinski definition) is 1. The van der Waals surface area contributed by atoms with E-state index in [2.05, 4.69) is 10.1 Å². The summed E-state index contributed by atoms with van der Waals surface area (Å²) in [7, 11) is 1.55. The highest BCUT2D eigenvalue weighted by Gasteiger charge is 2.22. The van der Waals surface area contributed by atoms with Crippen molar-refractivity contribution in [3.05, 3.63) is 11.7 Å². The van der Waals surface area contributed by atoms with E-state index in [-0.39, 0.29) is 6.61 Å². The lowest BCUT2D eigenvalue weighted by molar-refractivity contribution is 0.0599. The zero-order valence-corrected chi connectivity index (χ0v) is 11.3. The van der Waals surface area contributed by atoms with Crippen LogP contribution < -0.4 is 0 Å². The van der Waals surface area contributed by atoms with Crippen LogP contribution in [0.3, 0.4) is 0 Å². The third kappa shape index (κ3) is 3.87. The molecule has 0 spiro atoms. The second kappa shape index (κ2) is 6.63. The van der Waals surface area contributed by atoms with Crippen molar-refractivity contribution in [2.75, 3.05) is 31.0 Å². The van der Waals surface area contributed by atoms with Gasteiger partial charge in [0.1, 0.15) is 0 Å². The molecule has 1 aromatic rings. The number of aliphatic hydroxyl groups excluding tert-OH is 1. The van der Waals surface area contributed by atoms with Gasteiger partial charge in [0.25, 0.3) is 0 Å². The van der Waals surface area contributed by atoms with Crippen molar-refractivity contribution >= 4 is 23.5 Å². The minimum Gasteiger partial charge on any atom is -0.390 e. The summed E-state index contributed by atoms with van der Waals surface area (Å²) < 4.78 is 9.99. The molecule has 17 heavy (non-hydrogen) atoms. The number of nitrogens with zero attached hydrogens (tertiary/aromatic N) is 2. The molecule has 0 aromatic carbocycles. The molecule has 2 atom stereocenters. The van der Waals surface area contributed by atoms with Crippen LogP contribution in [0.15, 0.2) is 4.52 Å². The maximum absolute atomic E-state index is 9.56. The second-order valence-corrected chi connectivity index (χ2v) is 6.25. The highest BCUT2D eigenvalue weighted by Crippen LogP contribution is 2.35. The van der Waals surface area contributed by atoms with E-state index in [9.17, 15) is 5.11 Å². The fourth-order valence-corrected chi connectivity index (χ4v) is 4.16. The van der Waals surface area contributed by atoms with Crippen molar-refractivity contribution in [3.8, 4) is 0 Å². The van der Waals surface area contributed by atoms with Crippen molar-refractivity contribution in [2.45, 2.75) is 17.8 Å². The molecule has 1 N–H and O–H groups in total. The predicted octanol–water partition coefficient (Wildman–Crippen LogP) is 1.14. The highest BCUT2D eigenvalue weighted by atomic mass is 32.2. The molecule has 1 fully saturated rings. The fraction of sp³-hybridized carbons (Fsp3) is 0.800. The predicted molar refractivity (Wildman–Crippen MR) is 68.4 cm³/mol. The smallest absolute Gasteiger partial charge is 0.229 e. The van der Waals surface area contributed by atoms with Crippen molar-refractivity contribution in [1.82, 2.24) is 10.1 Å². The Labute approximate surface area is 109 Å². The number of thioether (sulfide) groups is 2. The van der Waals surface area contributed by atoms with Crippen LogP contribution in [0.4, 0.5) is 0 Å². The van der Waals surface area contributed by atoms with Crippen molar-refractivity contribution in [2.24, 2.45) is 0 Å². The second-order valence-electron chi connectivity index (χ2n) is 3.79. The Balaban J connectivity index is 1.90. The molecule has 2 heterocycles. The molecule has 5 nitrogen and oxygen atoms in total. The molecule has 0 saturated carbocycles. The molecule has 0 aliphatic carbocycles. The molecule has 0 bridgehead atoms. The van der Waals surface area contributed by atoms with Gasteiger partial charge in [-0.2, -0.15) is 16.7 Å². The molecule has 2 unspecified atom stereocenters. The summed E-state index contributed by atoms with van der Waals surface area (Å²) in [4.78, 5) is 4.33. The number of aromatic nitrogens is 2. The van der Waals surface area contributed by atoms with Gasteiger partial charge in [-0.25, -0.2) is 0 Å². The Morgan fingerprint density at radius 1 is 1.59 bits per heavy atom. The minimum atomic E-state index is -0.582. The lowest BCUT2D eigenvalue weighted by atomic mass is 10.3. The Morgan fingerprint density at radius 3 is 3.18 bits per heavy atom. The Kier molecular flexibility index (Phi) is 5.15. The van der Waals surface area contributed by atoms with Crippen LogP contribution in [0, 0.1) is 0 Å². The largest absolute Gasteiger partial charge is 0.390 e. The third-order valence-corrected chi connectivity index (χ3v) is 5.11. The Bertz CT molecular complexity index is 342. The lowest BCUT2D eigenvalue weighted by Gasteiger charge is -2.17. The SMILES string of the molecule is COCC(O)Cc1nc(C2CSCCS2)no1. The lowest BCUT2D eigenvalue weighted by Crippen LogP contribution is -2.17. The van der Waals surface area contributed by atoms with Gasteiger partial charge in [-0.15, -0.1) is 11.8 Å². The summed E-state index contributed by atoms with van der Waals surface area (Å²) in [6.07, 6.45) is -0.229. The zero-order chi connectivity index (χ0) is 12.1. The summed E-state index contributed by atoms with van der Waals surface area (Å²) in [6, 6.07) is 0. The standard InChI is InChI=1S/C10H16N2O3S2/c1-14-5-7(13)4-9-11-10(12-15-9)8-6-16-2-3-17-8/h7-8,13H,2-6H2,1H3. The van der Waals surface area contributed by atoms with Crippen LogP contribution in [0.2, 0.25) is 0 Å². The van der Waals surface area contributed by atoms with Gasteiger partial charge in [0.15, 0.2) is 5.82 Å². The number of rotatable bonds is 5. The van der Waals surface area contributed by atoms with Crippen LogP contribution in [-0.2, 0) is 11.2 Å². The van der Waals surface area contributed by atoms with Crippen LogP contribution >= 0.6 is 23.5 Å². The molecule has 1 aliphatic rings. The van der Waals surface area contributed by atoms with Crippen LogP contribution in [0.5, 0.6) is 0 Å². The molecule has 96 valence electrons. The molecule has 2 rings (SSSR count). The molecule has 7 heteroatoms. The molecule has 1 saturated heterocycles. The van der Waals surface area contributed by atoms with Crippen molar-refractivity contribution in [3.63, 3.8) is 0 Å². The summed E-state index contributed by atoms with van der Waals surface area (Å²) in [5, 5.41) is 13.9. The number of aliphatic hydroxyl groups is 1. The molecule has 1 aliphatic heterocycles. The number of methoxy groups -OCH3 is 1. The Morgan fingerprint density at radius 2 is 2.47 bits per heavy atom. The topological polar surface area (TPSA) is 68.4 Å². The van der Waals surface area contributed by atoms with Gasteiger partial charge >= 0.3 is 0 Å². The summed E-state index contributed by atoms with van der Waals surface area (Å²) >= 11 is 3.78. The normalized spacial score (nSPS) is 22.6. The van der Waals surface area contributed by atoms with Gasteiger partial charge in [0, 0.05) is 24.4 Å². The minimum absolute atomic E-state index is 0.283. The van der Waals surface area contributed by atoms with E-state index < -0.39 is 6.10 Å². The zero-order valence-electron chi connectivity index (χ0n) is 9.66. The fourth-order valence-electron chi connectivity index (χ4n) is 1.57. The first-order valence-electron chi connectivity index (χ1n) is 5.48. The average molecular weight is 276 g/mol. The van der Waals surface area contributed by atoms with Gasteiger partial charge in [-0.05, 0) is 0 Å². The summed E-state index contributed by atoms with van der Waals surface area (Å²) in [5.41, 5.74) is 0. The van der Waals surface area contributed by atoms with E-state index >= 15 is 0 Å². The molecule has 0 amide bonds. The maximum Gasteiger partial charge on any atom is 0.229 e. The number of hydrogen-bond acceptors (Lipinski definition) is 7. The van der Waals surface area contributed by atoms with Gasteiger partial charge in [0.05, 0.1) is 24.4 Å². The third-order valence-electron chi connectivity index (χ3n) is 2.36. The number of ether oxygens (including phenoxy) is 1. The summed E-state index contributed by atoms with van der Waals surface area (Å²) in [5.74, 6) is 4.59. The monoisotopic (exact) mass is 276 g/mol. The van der Waals surface area contributed by atoms with Crippen molar-refractivity contribution < 1.29 is 14.4 Å². The van der Waals surface area contributed by atoms with Gasteiger partial charge in [0.2, 0.25) is 5.89 Å².